The highest BCUT2D eigenvalue weighted by Crippen LogP contribution is 2.26. The van der Waals surface area contributed by atoms with Crippen molar-refractivity contribution in [1.29, 1.82) is 0 Å². The summed E-state index contributed by atoms with van der Waals surface area (Å²) in [6.45, 7) is 9.00. The molecule has 0 unspecified atom stereocenters. The van der Waals surface area contributed by atoms with Gasteiger partial charge in [0.1, 0.15) is 4.90 Å². The zero-order valence-corrected chi connectivity index (χ0v) is 18.4. The van der Waals surface area contributed by atoms with Gasteiger partial charge in [0.05, 0.1) is 17.9 Å². The average molecular weight is 419 g/mol. The van der Waals surface area contributed by atoms with Crippen LogP contribution in [0.2, 0.25) is 0 Å². The fourth-order valence-corrected chi connectivity index (χ4v) is 5.61. The van der Waals surface area contributed by atoms with E-state index in [0.29, 0.717) is 41.5 Å². The number of rotatable bonds is 6. The van der Waals surface area contributed by atoms with Gasteiger partial charge in [-0.05, 0) is 58.2 Å². The Balaban J connectivity index is 1.81. The third-order valence-electron chi connectivity index (χ3n) is 5.20. The lowest BCUT2D eigenvalue weighted by Crippen LogP contribution is -2.36. The van der Waals surface area contributed by atoms with E-state index in [1.165, 1.54) is 0 Å². The number of hydrogen-bond donors (Lipinski definition) is 1. The molecule has 1 amide bonds. The molecule has 0 radical (unpaired) electrons. The number of benzene rings is 1. The van der Waals surface area contributed by atoms with Crippen LogP contribution >= 0.6 is 0 Å². The zero-order chi connectivity index (χ0) is 21.2. The van der Waals surface area contributed by atoms with Crippen molar-refractivity contribution < 1.29 is 13.2 Å². The zero-order valence-electron chi connectivity index (χ0n) is 17.6. The minimum Gasteiger partial charge on any atom is -0.350 e. The maximum atomic E-state index is 13.1. The third-order valence-corrected chi connectivity index (χ3v) is 7.35. The molecule has 0 atom stereocenters. The number of aromatic nitrogens is 2. The predicted octanol–water partition coefficient (Wildman–Crippen LogP) is 2.86. The van der Waals surface area contributed by atoms with Crippen LogP contribution in [0.3, 0.4) is 0 Å². The Bertz CT molecular complexity index is 972. The number of sulfonamides is 1. The van der Waals surface area contributed by atoms with Crippen molar-refractivity contribution >= 4 is 15.9 Å². The molecule has 1 aromatic heterocycles. The number of nitrogens with zero attached hydrogens (tertiary/aromatic N) is 3. The number of nitrogens with one attached hydrogen (secondary N) is 1. The Morgan fingerprint density at radius 1 is 1.10 bits per heavy atom. The van der Waals surface area contributed by atoms with Crippen LogP contribution in [0.25, 0.3) is 0 Å². The Labute approximate surface area is 173 Å². The molecule has 0 saturated carbocycles. The minimum absolute atomic E-state index is 0.0807. The van der Waals surface area contributed by atoms with Crippen LogP contribution in [-0.4, -0.2) is 47.5 Å². The number of hydrogen-bond acceptors (Lipinski definition) is 4. The predicted molar refractivity (Wildman–Crippen MR) is 112 cm³/mol. The summed E-state index contributed by atoms with van der Waals surface area (Å²) in [4.78, 5) is 12.4. The lowest BCUT2D eigenvalue weighted by Gasteiger charge is -2.26. The summed E-state index contributed by atoms with van der Waals surface area (Å²) in [5.41, 5.74) is 2.73. The molecule has 7 nitrogen and oxygen atoms in total. The first kappa shape index (κ1) is 21.5. The van der Waals surface area contributed by atoms with Crippen molar-refractivity contribution in [2.75, 3.05) is 13.1 Å². The number of amides is 1. The molecular formula is C21H30N4O3S. The number of carbonyl (C=O) groups excluding carboxylic acids is 1. The second kappa shape index (κ2) is 8.67. The first-order valence-electron chi connectivity index (χ1n) is 10.1. The Hall–Kier alpha value is -2.19. The topological polar surface area (TPSA) is 84.3 Å². The van der Waals surface area contributed by atoms with Gasteiger partial charge >= 0.3 is 0 Å². The van der Waals surface area contributed by atoms with Crippen molar-refractivity contribution in [2.24, 2.45) is 0 Å². The number of carbonyl (C=O) groups is 1. The van der Waals surface area contributed by atoms with E-state index < -0.39 is 10.0 Å². The number of piperidine rings is 1. The largest absolute Gasteiger partial charge is 0.350 e. The highest BCUT2D eigenvalue weighted by Gasteiger charge is 2.31. The molecule has 1 N–H and O–H groups in total. The Morgan fingerprint density at radius 2 is 1.72 bits per heavy atom. The molecule has 0 spiro atoms. The molecule has 1 aliphatic heterocycles. The highest BCUT2D eigenvalue weighted by molar-refractivity contribution is 7.89. The third kappa shape index (κ3) is 4.70. The quantitative estimate of drug-likeness (QED) is 0.782. The summed E-state index contributed by atoms with van der Waals surface area (Å²) in [5, 5.41) is 7.36. The molecule has 0 aliphatic carbocycles. The van der Waals surface area contributed by atoms with Crippen LogP contribution in [0.15, 0.2) is 29.2 Å². The SMILES string of the molecule is Cc1nn(Cc2ccc(C(=O)NC(C)C)cc2)c(C)c1S(=O)(=O)N1CCCCC1. The lowest BCUT2D eigenvalue weighted by atomic mass is 10.1. The van der Waals surface area contributed by atoms with Crippen molar-refractivity contribution in [3.8, 4) is 0 Å². The van der Waals surface area contributed by atoms with E-state index in [9.17, 15) is 13.2 Å². The molecule has 29 heavy (non-hydrogen) atoms. The highest BCUT2D eigenvalue weighted by atomic mass is 32.2. The van der Waals surface area contributed by atoms with E-state index in [2.05, 4.69) is 10.4 Å². The van der Waals surface area contributed by atoms with Gasteiger partial charge in [-0.25, -0.2) is 8.42 Å². The second-order valence-electron chi connectivity index (χ2n) is 7.95. The normalized spacial score (nSPS) is 15.6. The molecular weight excluding hydrogens is 388 g/mol. The second-order valence-corrected chi connectivity index (χ2v) is 9.82. The summed E-state index contributed by atoms with van der Waals surface area (Å²) >= 11 is 0. The Kier molecular flexibility index (Phi) is 6.43. The first-order chi connectivity index (χ1) is 13.7. The van der Waals surface area contributed by atoms with E-state index >= 15 is 0 Å². The van der Waals surface area contributed by atoms with Gasteiger partial charge in [-0.3, -0.25) is 9.48 Å². The Morgan fingerprint density at radius 3 is 2.31 bits per heavy atom. The van der Waals surface area contributed by atoms with E-state index in [0.717, 1.165) is 24.8 Å². The molecule has 1 saturated heterocycles. The molecule has 2 aromatic rings. The first-order valence-corrected chi connectivity index (χ1v) is 11.6. The summed E-state index contributed by atoms with van der Waals surface area (Å²) < 4.78 is 29.6. The van der Waals surface area contributed by atoms with Gasteiger partial charge in [-0.15, -0.1) is 0 Å². The van der Waals surface area contributed by atoms with Crippen LogP contribution < -0.4 is 5.32 Å². The average Bonchev–Trinajstić information content (AvgIpc) is 2.96. The van der Waals surface area contributed by atoms with E-state index in [4.69, 9.17) is 0 Å². The van der Waals surface area contributed by atoms with E-state index in [1.807, 2.05) is 26.0 Å². The molecule has 1 fully saturated rings. The van der Waals surface area contributed by atoms with Gasteiger partial charge in [0, 0.05) is 24.7 Å². The molecule has 1 aliphatic rings. The van der Waals surface area contributed by atoms with Gasteiger partial charge in [0.2, 0.25) is 10.0 Å². The van der Waals surface area contributed by atoms with Crippen LogP contribution in [0.1, 0.15) is 60.4 Å². The molecule has 0 bridgehead atoms. The van der Waals surface area contributed by atoms with E-state index in [1.54, 1.807) is 35.0 Å². The molecule has 2 heterocycles. The molecule has 3 rings (SSSR count). The summed E-state index contributed by atoms with van der Waals surface area (Å²) in [7, 11) is -3.53. The maximum absolute atomic E-state index is 13.1. The van der Waals surface area contributed by atoms with Gasteiger partial charge in [-0.2, -0.15) is 9.40 Å². The van der Waals surface area contributed by atoms with Crippen molar-refractivity contribution in [2.45, 2.75) is 64.4 Å². The van der Waals surface area contributed by atoms with E-state index in [-0.39, 0.29) is 11.9 Å². The number of aryl methyl sites for hydroxylation is 1. The van der Waals surface area contributed by atoms with Crippen LogP contribution in [0.5, 0.6) is 0 Å². The minimum atomic E-state index is -3.53. The monoisotopic (exact) mass is 418 g/mol. The van der Waals surface area contributed by atoms with Gasteiger partial charge in [-0.1, -0.05) is 18.6 Å². The summed E-state index contributed by atoms with van der Waals surface area (Å²) in [5.74, 6) is -0.104. The van der Waals surface area contributed by atoms with Crippen molar-refractivity contribution in [3.05, 3.63) is 46.8 Å². The molecule has 8 heteroatoms. The maximum Gasteiger partial charge on any atom is 0.251 e. The standard InChI is InChI=1S/C21H30N4O3S/c1-15(2)22-21(26)19-10-8-18(9-11-19)14-25-17(4)20(16(3)23-25)29(27,28)24-12-6-5-7-13-24/h8-11,15H,5-7,12-14H2,1-4H3,(H,22,26). The van der Waals surface area contributed by atoms with Gasteiger partial charge in [0.15, 0.2) is 0 Å². The lowest BCUT2D eigenvalue weighted by molar-refractivity contribution is 0.0943. The summed E-state index contributed by atoms with van der Waals surface area (Å²) in [6.07, 6.45) is 2.89. The molecule has 1 aromatic carbocycles. The van der Waals surface area contributed by atoms with Crippen molar-refractivity contribution in [1.82, 2.24) is 19.4 Å². The van der Waals surface area contributed by atoms with Crippen molar-refractivity contribution in [3.63, 3.8) is 0 Å². The fourth-order valence-electron chi connectivity index (χ4n) is 3.72. The summed E-state index contributed by atoms with van der Waals surface area (Å²) in [6, 6.07) is 7.40. The van der Waals surface area contributed by atoms with Crippen LogP contribution in [-0.2, 0) is 16.6 Å². The fraction of sp³-hybridized carbons (Fsp3) is 0.524. The molecule has 158 valence electrons. The van der Waals surface area contributed by atoms with Crippen LogP contribution in [0, 0.1) is 13.8 Å². The van der Waals surface area contributed by atoms with Crippen LogP contribution in [0.4, 0.5) is 0 Å². The van der Waals surface area contributed by atoms with Gasteiger partial charge < -0.3 is 5.32 Å². The smallest absolute Gasteiger partial charge is 0.251 e. The van der Waals surface area contributed by atoms with Gasteiger partial charge in [0.25, 0.3) is 5.91 Å².